The second-order valence-corrected chi connectivity index (χ2v) is 22.0. The lowest BCUT2D eigenvalue weighted by Crippen LogP contribution is -2.70. The quantitative estimate of drug-likeness (QED) is 0.0772. The Labute approximate surface area is 396 Å². The number of hydrogen-bond acceptors (Lipinski definition) is 3. The van der Waals surface area contributed by atoms with Gasteiger partial charge in [0.15, 0.2) is 8.32 Å². The van der Waals surface area contributed by atoms with E-state index in [4.69, 9.17) is 4.84 Å². The topological polar surface area (TPSA) is 30.5 Å². The molecule has 0 bridgehead atoms. The van der Waals surface area contributed by atoms with Crippen molar-refractivity contribution in [3.05, 3.63) is 11.8 Å². The Hall–Kier alpha value is -3.05. The molecule has 0 aromatic carbocycles. The molecule has 1 N–H and O–H groups in total. The summed E-state index contributed by atoms with van der Waals surface area (Å²) in [5.74, 6) is -128. The van der Waals surface area contributed by atoms with Crippen LogP contribution in [0.25, 0.3) is 0 Å². The Balaban J connectivity index is 4.53. The maximum Gasteiger partial charge on any atom is 0.460 e. The zero-order chi connectivity index (χ0) is 61.9. The predicted octanol–water partition coefficient (Wildman–Crippen LogP) is 16.6. The van der Waals surface area contributed by atoms with Crippen LogP contribution < -0.4 is 5.48 Å². The first-order valence-corrected chi connectivity index (χ1v) is 21.6. The zero-order valence-electron chi connectivity index (χ0n) is 36.6. The fourth-order valence-corrected chi connectivity index (χ4v) is 9.98. The summed E-state index contributed by atoms with van der Waals surface area (Å²) in [5, 5.41) is 0. The fraction of sp³-hybridized carbons (Fsp3) is 0.939. The van der Waals surface area contributed by atoms with Crippen molar-refractivity contribution in [1.82, 2.24) is 5.48 Å². The van der Waals surface area contributed by atoms with E-state index in [9.17, 15) is 145 Å². The Bertz CT molecular complexity index is 1870. The lowest BCUT2D eigenvalue weighted by Gasteiger charge is -2.43. The molecule has 0 aromatic heterocycles. The summed E-state index contributed by atoms with van der Waals surface area (Å²) in [6.45, 7) is 1.63. The van der Waals surface area contributed by atoms with E-state index in [1.807, 2.05) is 5.48 Å². The van der Waals surface area contributed by atoms with Crippen LogP contribution in [0.5, 0.6) is 0 Å². The van der Waals surface area contributed by atoms with Crippen LogP contribution in [0.2, 0.25) is 18.1 Å². The van der Waals surface area contributed by atoms with Crippen molar-refractivity contribution in [3.8, 4) is 0 Å². The van der Waals surface area contributed by atoms with Gasteiger partial charge in [-0.1, -0.05) is 20.8 Å². The molecule has 1 heterocycles. The normalized spacial score (nSPS) is 19.3. The van der Waals surface area contributed by atoms with Crippen LogP contribution in [-0.4, -0.2) is 128 Å². The number of hydrogen-bond donors (Lipinski definition) is 1. The fourth-order valence-electron chi connectivity index (χ4n) is 5.90. The van der Waals surface area contributed by atoms with Gasteiger partial charge in [0.25, 0.3) is 0 Å². The molecule has 0 fully saturated rings. The second-order valence-electron chi connectivity index (χ2n) is 17.8. The molecule has 0 saturated carbocycles. The number of allylic oxidation sites excluding steroid dienone is 1. The number of halogens is 39. The molecule has 0 aliphatic carbocycles. The van der Waals surface area contributed by atoms with E-state index >= 15 is 26.3 Å². The van der Waals surface area contributed by atoms with Crippen molar-refractivity contribution < 1.29 is 180 Å². The maximum absolute atomic E-state index is 15.2. The Kier molecular flexibility index (Phi) is 18.0. The molecule has 0 aromatic rings. The van der Waals surface area contributed by atoms with E-state index in [1.165, 1.54) is 0 Å². The third-order valence-electron chi connectivity index (χ3n) is 11.0. The van der Waals surface area contributed by atoms with Gasteiger partial charge in [0, 0.05) is 30.4 Å². The average molecular weight is 1240 g/mol. The number of rotatable bonds is 24. The summed E-state index contributed by atoms with van der Waals surface area (Å²) in [5.41, 5.74) is -2.71. The molecule has 1 rings (SSSR count). The van der Waals surface area contributed by atoms with Crippen molar-refractivity contribution in [2.24, 2.45) is 5.41 Å². The summed E-state index contributed by atoms with van der Waals surface area (Å²) in [6.07, 6.45) is -36.4. The Morgan fingerprint density at radius 1 is 0.368 bits per heavy atom. The summed E-state index contributed by atoms with van der Waals surface area (Å²) < 4.78 is 548. The third kappa shape index (κ3) is 11.1. The van der Waals surface area contributed by atoms with E-state index in [0.29, 0.717) is 13.0 Å². The molecule has 454 valence electrons. The molecule has 76 heavy (non-hydrogen) atoms. The summed E-state index contributed by atoms with van der Waals surface area (Å²) in [7, 11) is -7.42. The van der Waals surface area contributed by atoms with Gasteiger partial charge in [0.1, 0.15) is 5.60 Å². The third-order valence-corrected chi connectivity index (χ3v) is 15.2. The molecule has 1 aliphatic rings. The second kappa shape index (κ2) is 19.3. The van der Waals surface area contributed by atoms with E-state index in [1.54, 1.807) is 0 Å². The number of alkyl halides is 39. The van der Waals surface area contributed by atoms with Crippen LogP contribution in [0.3, 0.4) is 0 Å². The van der Waals surface area contributed by atoms with Gasteiger partial charge in [-0.2, -0.15) is 171 Å². The van der Waals surface area contributed by atoms with Crippen LogP contribution >= 0.6 is 0 Å². The van der Waals surface area contributed by atoms with Crippen molar-refractivity contribution in [1.29, 1.82) is 0 Å². The average Bonchev–Trinajstić information content (AvgIpc) is 3.61. The highest BCUT2D eigenvalue weighted by atomic mass is 28.4. The van der Waals surface area contributed by atoms with Gasteiger partial charge in [-0.05, 0) is 31.1 Å². The highest BCUT2D eigenvalue weighted by molar-refractivity contribution is 6.73. The minimum atomic E-state index is -8.92. The smallest absolute Gasteiger partial charge is 0.413 e. The van der Waals surface area contributed by atoms with Crippen molar-refractivity contribution in [2.75, 3.05) is 6.61 Å². The molecule has 0 saturated heterocycles. The van der Waals surface area contributed by atoms with Gasteiger partial charge in [-0.3, -0.25) is 10.3 Å². The van der Waals surface area contributed by atoms with Gasteiger partial charge < -0.3 is 4.43 Å². The first-order valence-electron chi connectivity index (χ1n) is 19.1. The molecule has 1 unspecified atom stereocenters. The Morgan fingerprint density at radius 2 is 0.579 bits per heavy atom. The van der Waals surface area contributed by atoms with E-state index in [-0.39, 0.29) is 0 Å². The van der Waals surface area contributed by atoms with Gasteiger partial charge in [0.2, 0.25) is 0 Å². The van der Waals surface area contributed by atoms with Gasteiger partial charge >= 0.3 is 107 Å². The number of nitrogens with one attached hydrogen (secondary N) is 1. The van der Waals surface area contributed by atoms with Crippen molar-refractivity contribution in [2.45, 2.75) is 178 Å². The molecular weight excluding hydrogens is 1210 g/mol. The van der Waals surface area contributed by atoms with Crippen molar-refractivity contribution in [3.63, 3.8) is 0 Å². The highest BCUT2D eigenvalue weighted by Crippen LogP contribution is 2.65. The highest BCUT2D eigenvalue weighted by Gasteiger charge is 2.93. The van der Waals surface area contributed by atoms with Crippen LogP contribution in [0.1, 0.15) is 47.0 Å². The lowest BCUT2D eigenvalue weighted by atomic mass is 9.90. The van der Waals surface area contributed by atoms with Crippen LogP contribution in [0.15, 0.2) is 11.8 Å². The van der Waals surface area contributed by atoms with Gasteiger partial charge in [0.05, 0.1) is 6.61 Å². The molecule has 0 radical (unpaired) electrons. The first kappa shape index (κ1) is 71.0. The maximum atomic E-state index is 15.2. The molecule has 1 aliphatic heterocycles. The first-order chi connectivity index (χ1) is 32.4. The summed E-state index contributed by atoms with van der Waals surface area (Å²) >= 11 is 0. The van der Waals surface area contributed by atoms with Crippen molar-refractivity contribution >= 4 is 8.32 Å². The van der Waals surface area contributed by atoms with E-state index in [0.717, 1.165) is 20.8 Å². The van der Waals surface area contributed by atoms with Crippen LogP contribution in [0, 0.1) is 5.41 Å². The molecule has 3 nitrogen and oxygen atoms in total. The van der Waals surface area contributed by atoms with Gasteiger partial charge in [-0.15, -0.1) is 0 Å². The zero-order valence-corrected chi connectivity index (χ0v) is 37.6. The van der Waals surface area contributed by atoms with Crippen LogP contribution in [0.4, 0.5) is 171 Å². The van der Waals surface area contributed by atoms with Crippen LogP contribution in [-0.2, 0) is 9.26 Å². The predicted molar refractivity (Wildman–Crippen MR) is 173 cm³/mol. The van der Waals surface area contributed by atoms with E-state index < -0.39 is 176 Å². The molecular formula is C33H28F39NO2Si. The van der Waals surface area contributed by atoms with E-state index in [2.05, 4.69) is 4.43 Å². The minimum Gasteiger partial charge on any atom is -0.413 e. The molecule has 43 heteroatoms. The SMILES string of the molecule is CC1(CO[Si](CCC(F)(F)C(F)(F)C(F)(F)C(F)(F)C(F)(F)C(F)(F)F)(CCC(F)(F)C(F)(F)C(F)(F)C(F)(F)C(F)(F)C(F)(F)F)CCC(F)(F)C(F)(F)C(F)(F)C(F)(F)C(F)(F)C(F)(F)F)C=C(C(C)(C)C)NO1. The largest absolute Gasteiger partial charge is 0.460 e. The minimum absolute atomic E-state index is 0.397. The van der Waals surface area contributed by atoms with Gasteiger partial charge in [-0.25, -0.2) is 0 Å². The molecule has 0 amide bonds. The summed E-state index contributed by atoms with van der Waals surface area (Å²) in [6, 6.07) is -10.4. The lowest BCUT2D eigenvalue weighted by molar-refractivity contribution is -0.440. The Morgan fingerprint density at radius 3 is 0.763 bits per heavy atom. The number of hydroxylamine groups is 1. The molecule has 1 atom stereocenters. The monoisotopic (exact) mass is 1240 g/mol. The molecule has 0 spiro atoms. The summed E-state index contributed by atoms with van der Waals surface area (Å²) in [4.78, 5) is 4.81. The standard InChI is InChI=1S/C33H28F39NO2Si/c1-14(2,3)13-11-15(4,75-73-13)12-74-76(8-5-16(34,35)19(40,41)22(46,47)25(52,53)28(58,59)31(64,65)66,9-6-17(36,37)20(42,43)23(48,49)26(54,55)29(60,61)32(67,68)69)10-7-18(38,39)21(44,45)24(50,51)27(56,57)30(62,63)33(70,71)72/h11,73H,5-10,12H2,1-4H3.